The molecule has 1 aliphatic rings. The van der Waals surface area contributed by atoms with Crippen molar-refractivity contribution in [3.05, 3.63) is 44.1 Å². The van der Waals surface area contributed by atoms with Crippen molar-refractivity contribution >= 4 is 26.9 Å². The lowest BCUT2D eigenvalue weighted by atomic mass is 9.97. The minimum atomic E-state index is -4.62. The average molecular weight is 389 g/mol. The molecule has 0 saturated carbocycles. The number of rotatable bonds is 3. The van der Waals surface area contributed by atoms with Gasteiger partial charge in [0, 0.05) is 6.61 Å². The summed E-state index contributed by atoms with van der Waals surface area (Å²) in [5, 5.41) is 1.77. The molecule has 0 amide bonds. The summed E-state index contributed by atoms with van der Waals surface area (Å²) in [5.74, 6) is 0. The van der Waals surface area contributed by atoms with Crippen molar-refractivity contribution in [2.45, 2.75) is 32.0 Å². The van der Waals surface area contributed by atoms with Crippen LogP contribution >= 0.6 is 10.7 Å². The standard InChI is InChI=1S/C16H18F3N3O3S/c1-3-26(2)21-22-14(23)10-7-9(13-5-4-6-25-13)11(16(17,18)19)8-12(10)20-15(22)24/h3,7-8,13,21H,4-6H2,1-2H3,(H,20,24). The lowest BCUT2D eigenvalue weighted by Crippen LogP contribution is -2.39. The van der Waals surface area contributed by atoms with Crippen LogP contribution in [0.5, 0.6) is 0 Å². The minimum absolute atomic E-state index is 0.00343. The number of hydrogen-bond donors (Lipinski definition) is 2. The Kier molecular flexibility index (Phi) is 4.98. The van der Waals surface area contributed by atoms with E-state index in [4.69, 9.17) is 4.74 Å². The summed E-state index contributed by atoms with van der Waals surface area (Å²) in [5.41, 5.74) is -2.63. The number of nitrogens with one attached hydrogen (secondary N) is 2. The van der Waals surface area contributed by atoms with Gasteiger partial charge < -0.3 is 9.72 Å². The second kappa shape index (κ2) is 6.92. The molecule has 2 atom stereocenters. The van der Waals surface area contributed by atoms with Gasteiger partial charge >= 0.3 is 11.9 Å². The third-order valence-corrected chi connectivity index (χ3v) is 5.42. The van der Waals surface area contributed by atoms with Crippen molar-refractivity contribution in [2.75, 3.05) is 17.7 Å². The Morgan fingerprint density at radius 2 is 2.12 bits per heavy atom. The largest absolute Gasteiger partial charge is 0.416 e. The van der Waals surface area contributed by atoms with E-state index in [9.17, 15) is 22.8 Å². The highest BCUT2D eigenvalue weighted by Crippen LogP contribution is 2.40. The van der Waals surface area contributed by atoms with E-state index in [-0.39, 0.29) is 16.5 Å². The summed E-state index contributed by atoms with van der Waals surface area (Å²) in [4.78, 5) is 29.9. The first-order valence-corrected chi connectivity index (χ1v) is 9.64. The predicted octanol–water partition coefficient (Wildman–Crippen LogP) is 2.74. The number of aromatic amines is 1. The molecule has 3 rings (SSSR count). The second-order valence-electron chi connectivity index (χ2n) is 5.94. The molecule has 0 radical (unpaired) electrons. The van der Waals surface area contributed by atoms with Crippen LogP contribution in [0.3, 0.4) is 0 Å². The summed E-state index contributed by atoms with van der Waals surface area (Å²) < 4.78 is 46.6. The van der Waals surface area contributed by atoms with Crippen molar-refractivity contribution in [3.8, 4) is 0 Å². The van der Waals surface area contributed by atoms with Crippen molar-refractivity contribution < 1.29 is 17.9 Å². The van der Waals surface area contributed by atoms with Crippen LogP contribution in [0.15, 0.2) is 21.7 Å². The zero-order valence-electron chi connectivity index (χ0n) is 14.1. The molecule has 26 heavy (non-hydrogen) atoms. The number of fused-ring (bicyclic) bond motifs is 1. The van der Waals surface area contributed by atoms with Gasteiger partial charge in [-0.1, -0.05) is 10.7 Å². The predicted molar refractivity (Wildman–Crippen MR) is 96.4 cm³/mol. The number of hydrogen-bond acceptors (Lipinski definition) is 4. The van der Waals surface area contributed by atoms with Crippen molar-refractivity contribution in [1.29, 1.82) is 0 Å². The van der Waals surface area contributed by atoms with Crippen LogP contribution in [-0.4, -0.2) is 27.9 Å². The maximum Gasteiger partial charge on any atom is 0.416 e. The molecule has 0 aliphatic carbocycles. The molecule has 6 nitrogen and oxygen atoms in total. The van der Waals surface area contributed by atoms with Gasteiger partial charge in [-0.05, 0) is 49.1 Å². The lowest BCUT2D eigenvalue weighted by Gasteiger charge is -2.19. The SMILES string of the molecule is C/C=S(\C)Nn1c(=O)[nH]c2cc(C(F)(F)F)c(C3CCCO3)cc2c1=O. The quantitative estimate of drug-likeness (QED) is 0.792. The Morgan fingerprint density at radius 3 is 2.69 bits per heavy atom. The topological polar surface area (TPSA) is 76.1 Å². The van der Waals surface area contributed by atoms with Crippen molar-refractivity contribution in [3.63, 3.8) is 0 Å². The van der Waals surface area contributed by atoms with Gasteiger partial charge in [-0.3, -0.25) is 9.63 Å². The van der Waals surface area contributed by atoms with Crippen LogP contribution in [-0.2, 0) is 10.9 Å². The van der Waals surface area contributed by atoms with E-state index in [0.29, 0.717) is 19.4 Å². The monoisotopic (exact) mass is 389 g/mol. The number of H-pyrrole nitrogens is 1. The molecule has 1 fully saturated rings. The summed E-state index contributed by atoms with van der Waals surface area (Å²) >= 11 is 0. The Morgan fingerprint density at radius 1 is 1.38 bits per heavy atom. The molecule has 2 heterocycles. The fourth-order valence-corrected chi connectivity index (χ4v) is 3.45. The highest BCUT2D eigenvalue weighted by Gasteiger charge is 2.37. The highest BCUT2D eigenvalue weighted by atomic mass is 32.2. The van der Waals surface area contributed by atoms with E-state index >= 15 is 0 Å². The average Bonchev–Trinajstić information content (AvgIpc) is 3.11. The van der Waals surface area contributed by atoms with Crippen LogP contribution in [0.2, 0.25) is 0 Å². The maximum atomic E-state index is 13.5. The van der Waals surface area contributed by atoms with E-state index < -0.39 is 39.8 Å². The fourth-order valence-electron chi connectivity index (χ4n) is 2.89. The fraction of sp³-hybridized carbons (Fsp3) is 0.438. The zero-order valence-corrected chi connectivity index (χ0v) is 15.0. The number of alkyl halides is 3. The van der Waals surface area contributed by atoms with Crippen LogP contribution in [0.4, 0.5) is 13.2 Å². The normalized spacial score (nSPS) is 19.2. The first kappa shape index (κ1) is 18.7. The van der Waals surface area contributed by atoms with Gasteiger partial charge in [0.05, 0.1) is 22.6 Å². The number of nitrogens with zero attached hydrogens (tertiary/aromatic N) is 1. The van der Waals surface area contributed by atoms with Crippen LogP contribution < -0.4 is 16.1 Å². The number of ether oxygens (including phenoxy) is 1. The third kappa shape index (κ3) is 3.43. The Hall–Kier alpha value is -2.07. The van der Waals surface area contributed by atoms with Gasteiger partial charge in [-0.2, -0.15) is 17.8 Å². The molecule has 0 spiro atoms. The summed E-state index contributed by atoms with van der Waals surface area (Å²) in [6.07, 6.45) is -2.46. The minimum Gasteiger partial charge on any atom is -0.374 e. The molecule has 142 valence electrons. The van der Waals surface area contributed by atoms with Gasteiger partial charge in [0.1, 0.15) is 0 Å². The van der Waals surface area contributed by atoms with E-state index in [0.717, 1.165) is 10.7 Å². The second-order valence-corrected chi connectivity index (χ2v) is 7.71. The number of aromatic nitrogens is 2. The molecular formula is C16H18F3N3O3S. The Bertz CT molecular complexity index is 988. The molecular weight excluding hydrogens is 371 g/mol. The van der Waals surface area contributed by atoms with E-state index in [2.05, 4.69) is 9.82 Å². The summed E-state index contributed by atoms with van der Waals surface area (Å²) in [6, 6.07) is 2.01. The van der Waals surface area contributed by atoms with Crippen molar-refractivity contribution in [1.82, 2.24) is 9.66 Å². The van der Waals surface area contributed by atoms with Crippen LogP contribution in [0.25, 0.3) is 10.9 Å². The third-order valence-electron chi connectivity index (χ3n) is 4.24. The number of halogens is 3. The molecule has 2 N–H and O–H groups in total. The van der Waals surface area contributed by atoms with Gasteiger partial charge in [-0.25, -0.2) is 4.79 Å². The van der Waals surface area contributed by atoms with Crippen LogP contribution in [0.1, 0.15) is 37.0 Å². The van der Waals surface area contributed by atoms with E-state index in [1.54, 1.807) is 18.5 Å². The Balaban J connectivity index is 2.28. The molecule has 1 aromatic heterocycles. The first-order chi connectivity index (χ1) is 12.2. The highest BCUT2D eigenvalue weighted by molar-refractivity contribution is 8.15. The molecule has 1 saturated heterocycles. The Labute approximate surface area is 149 Å². The van der Waals surface area contributed by atoms with Crippen molar-refractivity contribution in [2.24, 2.45) is 0 Å². The molecule has 2 unspecified atom stereocenters. The van der Waals surface area contributed by atoms with Crippen LogP contribution in [0, 0.1) is 0 Å². The van der Waals surface area contributed by atoms with E-state index in [1.165, 1.54) is 6.07 Å². The van der Waals surface area contributed by atoms with E-state index in [1.807, 2.05) is 0 Å². The maximum absolute atomic E-state index is 13.5. The van der Waals surface area contributed by atoms with Gasteiger partial charge in [0.25, 0.3) is 5.56 Å². The summed E-state index contributed by atoms with van der Waals surface area (Å²) in [7, 11) is -0.554. The smallest absolute Gasteiger partial charge is 0.374 e. The molecule has 10 heteroatoms. The summed E-state index contributed by atoms with van der Waals surface area (Å²) in [6.45, 7) is 2.14. The zero-order chi connectivity index (χ0) is 19.1. The van der Waals surface area contributed by atoms with Gasteiger partial charge in [0.2, 0.25) is 0 Å². The molecule has 1 aliphatic heterocycles. The number of benzene rings is 1. The molecule has 1 aromatic carbocycles. The van der Waals surface area contributed by atoms with Gasteiger partial charge in [0.15, 0.2) is 0 Å². The first-order valence-electron chi connectivity index (χ1n) is 7.95. The lowest BCUT2D eigenvalue weighted by molar-refractivity contribution is -0.139. The molecule has 0 bridgehead atoms. The molecule has 2 aromatic rings. The van der Waals surface area contributed by atoms with Gasteiger partial charge in [-0.15, -0.1) is 0 Å².